The van der Waals surface area contributed by atoms with Gasteiger partial charge >= 0.3 is 6.03 Å². The maximum Gasteiger partial charge on any atom is 0.321 e. The van der Waals surface area contributed by atoms with Gasteiger partial charge in [0.25, 0.3) is 5.91 Å². The molecule has 162 valence electrons. The third kappa shape index (κ3) is 4.63. The number of amides is 4. The van der Waals surface area contributed by atoms with Crippen LogP contribution in [0.3, 0.4) is 0 Å². The molecule has 2 N–H and O–H groups in total. The lowest BCUT2D eigenvalue weighted by atomic mass is 9.86. The Morgan fingerprint density at radius 3 is 2.32 bits per heavy atom. The third-order valence-electron chi connectivity index (χ3n) is 5.82. The maximum atomic E-state index is 13.2. The van der Waals surface area contributed by atoms with Gasteiger partial charge in [-0.25, -0.2) is 4.79 Å². The van der Waals surface area contributed by atoms with Crippen LogP contribution in [-0.4, -0.2) is 67.5 Å². The summed E-state index contributed by atoms with van der Waals surface area (Å²) < 4.78 is 5.17. The number of urea groups is 1. The van der Waals surface area contributed by atoms with Gasteiger partial charge in [-0.05, 0) is 36.4 Å². The van der Waals surface area contributed by atoms with Gasteiger partial charge < -0.3 is 25.2 Å². The van der Waals surface area contributed by atoms with Gasteiger partial charge in [0.05, 0.1) is 7.11 Å². The molecule has 2 saturated heterocycles. The highest BCUT2D eigenvalue weighted by Gasteiger charge is 2.45. The normalized spacial score (nSPS) is 20.9. The summed E-state index contributed by atoms with van der Waals surface area (Å²) in [5.74, 6) is 0.507. The van der Waals surface area contributed by atoms with Crippen molar-refractivity contribution in [1.82, 2.24) is 15.1 Å². The van der Waals surface area contributed by atoms with E-state index in [1.807, 2.05) is 30.3 Å². The Kier molecular flexibility index (Phi) is 5.79. The molecule has 8 nitrogen and oxygen atoms in total. The molecule has 31 heavy (non-hydrogen) atoms. The van der Waals surface area contributed by atoms with Crippen molar-refractivity contribution in [2.75, 3.05) is 45.2 Å². The molecule has 8 heteroatoms. The van der Waals surface area contributed by atoms with Gasteiger partial charge in [-0.1, -0.05) is 18.2 Å². The first-order valence-corrected chi connectivity index (χ1v) is 10.3. The van der Waals surface area contributed by atoms with Gasteiger partial charge in [0.15, 0.2) is 0 Å². The van der Waals surface area contributed by atoms with Crippen molar-refractivity contribution in [2.45, 2.75) is 6.42 Å². The monoisotopic (exact) mass is 422 g/mol. The Labute approximate surface area is 181 Å². The van der Waals surface area contributed by atoms with Crippen LogP contribution >= 0.6 is 0 Å². The number of methoxy groups -OCH3 is 1. The zero-order valence-corrected chi connectivity index (χ0v) is 17.5. The van der Waals surface area contributed by atoms with E-state index in [0.717, 1.165) is 0 Å². The van der Waals surface area contributed by atoms with Crippen molar-refractivity contribution in [3.8, 4) is 5.75 Å². The molecular weight excluding hydrogens is 396 g/mol. The zero-order chi connectivity index (χ0) is 21.8. The topological polar surface area (TPSA) is 91.0 Å². The van der Waals surface area contributed by atoms with Crippen LogP contribution in [0.4, 0.5) is 10.5 Å². The quantitative estimate of drug-likeness (QED) is 0.793. The first-order chi connectivity index (χ1) is 15.0. The second-order valence-electron chi connectivity index (χ2n) is 8.13. The lowest BCUT2D eigenvalue weighted by Gasteiger charge is -2.32. The summed E-state index contributed by atoms with van der Waals surface area (Å²) >= 11 is 0. The summed E-state index contributed by atoms with van der Waals surface area (Å²) in [6.45, 7) is 2.02. The molecule has 0 bridgehead atoms. The fourth-order valence-corrected chi connectivity index (χ4v) is 4.22. The van der Waals surface area contributed by atoms with Gasteiger partial charge in [0.2, 0.25) is 5.91 Å². The standard InChI is InChI=1S/C23H26N4O4/c1-31-19-9-7-17(8-10-19)21(29)26-11-12-27(16-23(15-26)13-20(28)24-14-23)22(30)25-18-5-3-2-4-6-18/h2-10H,11-16H2,1H3,(H,24,28)(H,25,30)/t23-/m1/s1. The number of nitrogens with zero attached hydrogens (tertiary/aromatic N) is 2. The minimum absolute atomic E-state index is 0.0536. The highest BCUT2D eigenvalue weighted by Crippen LogP contribution is 2.32. The largest absolute Gasteiger partial charge is 0.497 e. The third-order valence-corrected chi connectivity index (χ3v) is 5.82. The number of rotatable bonds is 3. The summed E-state index contributed by atoms with van der Waals surface area (Å²) in [6, 6.07) is 16.0. The van der Waals surface area contributed by atoms with E-state index in [9.17, 15) is 14.4 Å². The lowest BCUT2D eigenvalue weighted by Crippen LogP contribution is -2.46. The molecule has 2 aliphatic heterocycles. The van der Waals surface area contributed by atoms with Crippen LogP contribution in [0.25, 0.3) is 0 Å². The minimum atomic E-state index is -0.510. The molecule has 2 aromatic rings. The van der Waals surface area contributed by atoms with Crippen LogP contribution in [0.15, 0.2) is 54.6 Å². The van der Waals surface area contributed by atoms with Crippen molar-refractivity contribution < 1.29 is 19.1 Å². The van der Waals surface area contributed by atoms with E-state index in [1.54, 1.807) is 41.2 Å². The lowest BCUT2D eigenvalue weighted by molar-refractivity contribution is -0.119. The fourth-order valence-electron chi connectivity index (χ4n) is 4.22. The summed E-state index contributed by atoms with van der Waals surface area (Å²) in [5.41, 5.74) is 0.747. The Balaban J connectivity index is 1.54. The average Bonchev–Trinajstić information content (AvgIpc) is 3.04. The van der Waals surface area contributed by atoms with E-state index in [1.165, 1.54) is 0 Å². The number of para-hydroxylation sites is 1. The molecule has 2 aromatic carbocycles. The molecule has 2 heterocycles. The number of nitrogens with one attached hydrogen (secondary N) is 2. The summed E-state index contributed by atoms with van der Waals surface area (Å²) in [4.78, 5) is 41.7. The molecule has 4 rings (SSSR count). The van der Waals surface area contributed by atoms with E-state index >= 15 is 0 Å². The van der Waals surface area contributed by atoms with Crippen molar-refractivity contribution in [2.24, 2.45) is 5.41 Å². The van der Waals surface area contributed by atoms with Crippen molar-refractivity contribution in [3.63, 3.8) is 0 Å². The van der Waals surface area contributed by atoms with E-state index in [0.29, 0.717) is 49.7 Å². The zero-order valence-electron chi connectivity index (χ0n) is 17.5. The summed E-state index contributed by atoms with van der Waals surface area (Å²) in [5, 5.41) is 5.79. The van der Waals surface area contributed by atoms with Gasteiger partial charge in [0, 0.05) is 55.8 Å². The highest BCUT2D eigenvalue weighted by atomic mass is 16.5. The van der Waals surface area contributed by atoms with Gasteiger partial charge in [0.1, 0.15) is 5.75 Å². The molecule has 0 unspecified atom stereocenters. The van der Waals surface area contributed by atoms with Crippen LogP contribution in [0, 0.1) is 5.41 Å². The first-order valence-electron chi connectivity index (χ1n) is 10.3. The molecule has 4 amide bonds. The molecule has 0 aromatic heterocycles. The number of benzene rings is 2. The Morgan fingerprint density at radius 2 is 1.68 bits per heavy atom. The SMILES string of the molecule is COc1ccc(C(=O)N2CCN(C(=O)Nc3ccccc3)C[C@]3(CNC(=O)C3)C2)cc1. The van der Waals surface area contributed by atoms with Gasteiger partial charge in [-0.15, -0.1) is 0 Å². The van der Waals surface area contributed by atoms with Crippen LogP contribution in [0.5, 0.6) is 5.75 Å². The summed E-state index contributed by atoms with van der Waals surface area (Å²) in [7, 11) is 1.58. The predicted molar refractivity (Wildman–Crippen MR) is 116 cm³/mol. The maximum absolute atomic E-state index is 13.2. The number of hydrogen-bond donors (Lipinski definition) is 2. The molecule has 2 aliphatic rings. The number of hydrogen-bond acceptors (Lipinski definition) is 4. The van der Waals surface area contributed by atoms with Gasteiger partial charge in [-0.2, -0.15) is 0 Å². The van der Waals surface area contributed by atoms with Crippen LogP contribution in [0.1, 0.15) is 16.8 Å². The number of anilines is 1. The number of carbonyl (C=O) groups excluding carboxylic acids is 3. The van der Waals surface area contributed by atoms with Crippen molar-refractivity contribution in [1.29, 1.82) is 0 Å². The fraction of sp³-hybridized carbons (Fsp3) is 0.348. The molecule has 1 spiro atoms. The predicted octanol–water partition coefficient (Wildman–Crippen LogP) is 2.19. The molecular formula is C23H26N4O4. The van der Waals surface area contributed by atoms with Crippen LogP contribution < -0.4 is 15.4 Å². The molecule has 1 atom stereocenters. The molecule has 2 fully saturated rings. The second-order valence-corrected chi connectivity index (χ2v) is 8.13. The minimum Gasteiger partial charge on any atom is -0.497 e. The highest BCUT2D eigenvalue weighted by molar-refractivity contribution is 5.95. The molecule has 0 saturated carbocycles. The molecule has 0 radical (unpaired) electrons. The van der Waals surface area contributed by atoms with Crippen molar-refractivity contribution >= 4 is 23.5 Å². The van der Waals surface area contributed by atoms with Crippen LogP contribution in [0.2, 0.25) is 0 Å². The second kappa shape index (κ2) is 8.67. The number of carbonyl (C=O) groups is 3. The van der Waals surface area contributed by atoms with Crippen LogP contribution in [-0.2, 0) is 4.79 Å². The van der Waals surface area contributed by atoms with Gasteiger partial charge in [-0.3, -0.25) is 9.59 Å². The van der Waals surface area contributed by atoms with E-state index in [4.69, 9.17) is 4.74 Å². The Morgan fingerprint density at radius 1 is 1.00 bits per heavy atom. The Bertz CT molecular complexity index is 963. The first kappa shape index (κ1) is 20.7. The Hall–Kier alpha value is -3.55. The average molecular weight is 422 g/mol. The van der Waals surface area contributed by atoms with E-state index in [-0.39, 0.29) is 24.3 Å². The summed E-state index contributed by atoms with van der Waals surface area (Å²) in [6.07, 6.45) is 0.286. The smallest absolute Gasteiger partial charge is 0.321 e. The van der Waals surface area contributed by atoms with E-state index < -0.39 is 5.41 Å². The molecule has 0 aliphatic carbocycles. The van der Waals surface area contributed by atoms with Crippen molar-refractivity contribution in [3.05, 3.63) is 60.2 Å². The van der Waals surface area contributed by atoms with E-state index in [2.05, 4.69) is 10.6 Å². The number of ether oxygens (including phenoxy) is 1.